The normalized spacial score (nSPS) is 12.4. The Kier molecular flexibility index (Phi) is 4.43. The first-order chi connectivity index (χ1) is 8.65. The second kappa shape index (κ2) is 5.87. The van der Waals surface area contributed by atoms with Gasteiger partial charge in [0.25, 0.3) is 0 Å². The molecule has 0 saturated heterocycles. The van der Waals surface area contributed by atoms with Crippen LogP contribution in [0.1, 0.15) is 22.0 Å². The zero-order chi connectivity index (χ0) is 13.1. The molecule has 0 bridgehead atoms. The third-order valence-electron chi connectivity index (χ3n) is 2.89. The van der Waals surface area contributed by atoms with Crippen molar-refractivity contribution in [3.8, 4) is 5.75 Å². The van der Waals surface area contributed by atoms with Crippen LogP contribution in [0.15, 0.2) is 34.1 Å². The molecule has 4 heteroatoms. The summed E-state index contributed by atoms with van der Waals surface area (Å²) in [5.74, 6) is 0.875. The fourth-order valence-electron chi connectivity index (χ4n) is 1.99. The Morgan fingerprint density at radius 3 is 2.67 bits per heavy atom. The van der Waals surface area contributed by atoms with Crippen LogP contribution in [-0.2, 0) is 0 Å². The molecule has 0 radical (unpaired) electrons. The average molecular weight is 326 g/mol. The van der Waals surface area contributed by atoms with Gasteiger partial charge in [-0.3, -0.25) is 0 Å². The molecular formula is C14H16BrNOS. The van der Waals surface area contributed by atoms with Crippen LogP contribution in [0.4, 0.5) is 0 Å². The lowest BCUT2D eigenvalue weighted by molar-refractivity contribution is 0.413. The summed E-state index contributed by atoms with van der Waals surface area (Å²) in [6.07, 6.45) is 0. The number of hydrogen-bond donors (Lipinski definition) is 1. The highest BCUT2D eigenvalue weighted by molar-refractivity contribution is 9.10. The number of halogens is 1. The van der Waals surface area contributed by atoms with Crippen LogP contribution in [0.2, 0.25) is 0 Å². The maximum atomic E-state index is 5.30. The van der Waals surface area contributed by atoms with Crippen molar-refractivity contribution in [3.63, 3.8) is 0 Å². The summed E-state index contributed by atoms with van der Waals surface area (Å²) in [6.45, 7) is 2.13. The SMILES string of the molecule is CNC(c1csc(C)c1)c1cc(OC)ccc1Br. The molecule has 0 aliphatic heterocycles. The molecule has 1 unspecified atom stereocenters. The molecule has 0 amide bonds. The Balaban J connectivity index is 2.44. The summed E-state index contributed by atoms with van der Waals surface area (Å²) in [4.78, 5) is 1.32. The molecule has 2 rings (SSSR count). The highest BCUT2D eigenvalue weighted by Crippen LogP contribution is 2.33. The van der Waals surface area contributed by atoms with Gasteiger partial charge in [0, 0.05) is 9.35 Å². The monoisotopic (exact) mass is 325 g/mol. The smallest absolute Gasteiger partial charge is 0.119 e. The first-order valence-electron chi connectivity index (χ1n) is 5.71. The van der Waals surface area contributed by atoms with Crippen LogP contribution in [0.3, 0.4) is 0 Å². The summed E-state index contributed by atoms with van der Waals surface area (Å²) in [7, 11) is 3.67. The number of thiophene rings is 1. The standard InChI is InChI=1S/C14H16BrNOS/c1-9-6-10(8-18-9)14(16-2)12-7-11(17-3)4-5-13(12)15/h4-8,14,16H,1-3H3. The van der Waals surface area contributed by atoms with E-state index < -0.39 is 0 Å². The number of benzene rings is 1. The minimum absolute atomic E-state index is 0.180. The molecule has 18 heavy (non-hydrogen) atoms. The molecule has 1 aromatic carbocycles. The van der Waals surface area contributed by atoms with E-state index in [0.29, 0.717) is 0 Å². The highest BCUT2D eigenvalue weighted by atomic mass is 79.9. The van der Waals surface area contributed by atoms with Crippen LogP contribution >= 0.6 is 27.3 Å². The number of aryl methyl sites for hydroxylation is 1. The summed E-state index contributed by atoms with van der Waals surface area (Å²) < 4.78 is 6.39. The molecule has 2 nitrogen and oxygen atoms in total. The van der Waals surface area contributed by atoms with Crippen molar-refractivity contribution in [1.82, 2.24) is 5.32 Å². The second-order valence-corrected chi connectivity index (χ2v) is 6.07. The van der Waals surface area contributed by atoms with Gasteiger partial charge in [0.05, 0.1) is 13.2 Å². The maximum Gasteiger partial charge on any atom is 0.119 e. The van der Waals surface area contributed by atoms with Crippen LogP contribution in [0.25, 0.3) is 0 Å². The molecule has 0 saturated carbocycles. The first kappa shape index (κ1) is 13.6. The van der Waals surface area contributed by atoms with E-state index in [1.54, 1.807) is 18.4 Å². The van der Waals surface area contributed by atoms with Gasteiger partial charge in [0.1, 0.15) is 5.75 Å². The number of rotatable bonds is 4. The largest absolute Gasteiger partial charge is 0.497 e. The molecular weight excluding hydrogens is 310 g/mol. The third-order valence-corrected chi connectivity index (χ3v) is 4.49. The van der Waals surface area contributed by atoms with E-state index >= 15 is 0 Å². The van der Waals surface area contributed by atoms with Gasteiger partial charge in [-0.1, -0.05) is 15.9 Å². The Morgan fingerprint density at radius 2 is 2.11 bits per heavy atom. The minimum Gasteiger partial charge on any atom is -0.497 e. The van der Waals surface area contributed by atoms with Gasteiger partial charge in [0.15, 0.2) is 0 Å². The summed E-state index contributed by atoms with van der Waals surface area (Å²) >= 11 is 5.39. The lowest BCUT2D eigenvalue weighted by Gasteiger charge is -2.18. The van der Waals surface area contributed by atoms with Crippen LogP contribution in [-0.4, -0.2) is 14.2 Å². The van der Waals surface area contributed by atoms with Crippen molar-refractivity contribution in [1.29, 1.82) is 0 Å². The lowest BCUT2D eigenvalue weighted by atomic mass is 10.0. The van der Waals surface area contributed by atoms with Crippen molar-refractivity contribution >= 4 is 27.3 Å². The van der Waals surface area contributed by atoms with E-state index in [9.17, 15) is 0 Å². The molecule has 1 atom stereocenters. The number of hydrogen-bond acceptors (Lipinski definition) is 3. The average Bonchev–Trinajstić information content (AvgIpc) is 2.79. The predicted octanol–water partition coefficient (Wildman–Crippen LogP) is 4.14. The summed E-state index contributed by atoms with van der Waals surface area (Å²) in [5, 5.41) is 5.56. The van der Waals surface area contributed by atoms with E-state index in [1.165, 1.54) is 16.0 Å². The van der Waals surface area contributed by atoms with Crippen molar-refractivity contribution < 1.29 is 4.74 Å². The highest BCUT2D eigenvalue weighted by Gasteiger charge is 2.16. The lowest BCUT2D eigenvalue weighted by Crippen LogP contribution is -2.17. The Labute approximate surface area is 120 Å². The van der Waals surface area contributed by atoms with Gasteiger partial charge in [0.2, 0.25) is 0 Å². The quantitative estimate of drug-likeness (QED) is 0.912. The van der Waals surface area contributed by atoms with Crippen LogP contribution in [0, 0.1) is 6.92 Å². The van der Waals surface area contributed by atoms with Crippen LogP contribution in [0.5, 0.6) is 5.75 Å². The maximum absolute atomic E-state index is 5.30. The van der Waals surface area contributed by atoms with Gasteiger partial charge in [-0.25, -0.2) is 0 Å². The molecule has 2 aromatic rings. The van der Waals surface area contributed by atoms with E-state index in [-0.39, 0.29) is 6.04 Å². The van der Waals surface area contributed by atoms with Gasteiger partial charge in [-0.15, -0.1) is 11.3 Å². The van der Waals surface area contributed by atoms with Gasteiger partial charge in [-0.05, 0) is 54.7 Å². The zero-order valence-corrected chi connectivity index (χ0v) is 13.1. The van der Waals surface area contributed by atoms with E-state index in [1.807, 2.05) is 19.2 Å². The van der Waals surface area contributed by atoms with Gasteiger partial charge < -0.3 is 10.1 Å². The minimum atomic E-state index is 0.180. The van der Waals surface area contributed by atoms with Crippen molar-refractivity contribution in [2.45, 2.75) is 13.0 Å². The third kappa shape index (κ3) is 2.76. The zero-order valence-electron chi connectivity index (χ0n) is 10.7. The van der Waals surface area contributed by atoms with Crippen molar-refractivity contribution in [2.24, 2.45) is 0 Å². The molecule has 96 valence electrons. The Hall–Kier alpha value is -0.840. The molecule has 1 N–H and O–H groups in total. The van der Waals surface area contributed by atoms with Crippen molar-refractivity contribution in [2.75, 3.05) is 14.2 Å². The molecule has 0 spiro atoms. The molecule has 1 aromatic heterocycles. The summed E-state index contributed by atoms with van der Waals surface area (Å²) in [5.41, 5.74) is 2.48. The van der Waals surface area contributed by atoms with Gasteiger partial charge >= 0.3 is 0 Å². The molecule has 0 aliphatic rings. The molecule has 0 fully saturated rings. The number of ether oxygens (including phenoxy) is 1. The Morgan fingerprint density at radius 1 is 1.33 bits per heavy atom. The molecule has 1 heterocycles. The van der Waals surface area contributed by atoms with Crippen molar-refractivity contribution in [3.05, 3.63) is 50.1 Å². The number of nitrogens with one attached hydrogen (secondary N) is 1. The fourth-order valence-corrected chi connectivity index (χ4v) is 3.19. The number of methoxy groups -OCH3 is 1. The van der Waals surface area contributed by atoms with Gasteiger partial charge in [-0.2, -0.15) is 0 Å². The Bertz CT molecular complexity index is 538. The molecule has 0 aliphatic carbocycles. The van der Waals surface area contributed by atoms with E-state index in [4.69, 9.17) is 4.74 Å². The topological polar surface area (TPSA) is 21.3 Å². The first-order valence-corrected chi connectivity index (χ1v) is 7.38. The fraction of sp³-hybridized carbons (Fsp3) is 0.286. The predicted molar refractivity (Wildman–Crippen MR) is 80.7 cm³/mol. The van der Waals surface area contributed by atoms with Crippen LogP contribution < -0.4 is 10.1 Å². The van der Waals surface area contributed by atoms with E-state index in [0.717, 1.165) is 10.2 Å². The summed E-state index contributed by atoms with van der Waals surface area (Å²) in [6, 6.07) is 8.45. The van der Waals surface area contributed by atoms with E-state index in [2.05, 4.69) is 45.7 Å². The second-order valence-electron chi connectivity index (χ2n) is 4.10.